The molecule has 1 unspecified atom stereocenters. The lowest BCUT2D eigenvalue weighted by molar-refractivity contribution is 0.265. The number of aliphatic hydroxyl groups excluding tert-OH is 1. The number of aromatic nitrogens is 1. The fourth-order valence-electron chi connectivity index (χ4n) is 0.666. The Labute approximate surface area is 63.5 Å². The van der Waals surface area contributed by atoms with E-state index in [1.807, 2.05) is 0 Å². The topological polar surface area (TPSA) is 59.1 Å². The molecule has 4 heteroatoms. The Balaban J connectivity index is 2.40. The highest BCUT2D eigenvalue weighted by Crippen LogP contribution is 2.06. The Morgan fingerprint density at radius 3 is 3.10 bits per heavy atom. The van der Waals surface area contributed by atoms with E-state index in [4.69, 9.17) is 10.8 Å². The first-order valence-corrected chi connectivity index (χ1v) is 3.94. The lowest BCUT2D eigenvalue weighted by atomic mass is 10.2. The van der Waals surface area contributed by atoms with Crippen LogP contribution in [0.15, 0.2) is 11.7 Å². The van der Waals surface area contributed by atoms with Crippen LogP contribution in [0.1, 0.15) is 4.88 Å². The maximum absolute atomic E-state index is 8.59. The van der Waals surface area contributed by atoms with Gasteiger partial charge in [0.1, 0.15) is 0 Å². The molecular weight excluding hydrogens is 148 g/mol. The third-order valence-corrected chi connectivity index (χ3v) is 1.98. The molecule has 0 aliphatic carbocycles. The van der Waals surface area contributed by atoms with E-state index in [-0.39, 0.29) is 12.6 Å². The van der Waals surface area contributed by atoms with Crippen molar-refractivity contribution in [1.82, 2.24) is 4.98 Å². The first kappa shape index (κ1) is 7.65. The molecule has 0 aliphatic rings. The van der Waals surface area contributed by atoms with Crippen LogP contribution in [-0.2, 0) is 6.42 Å². The van der Waals surface area contributed by atoms with Gasteiger partial charge in [-0.15, -0.1) is 11.3 Å². The maximum atomic E-state index is 8.59. The molecule has 1 heterocycles. The zero-order valence-electron chi connectivity index (χ0n) is 5.53. The van der Waals surface area contributed by atoms with E-state index in [9.17, 15) is 0 Å². The Bertz CT molecular complexity index is 176. The predicted molar refractivity (Wildman–Crippen MR) is 40.9 cm³/mol. The summed E-state index contributed by atoms with van der Waals surface area (Å²) in [6.45, 7) is 0.0396. The van der Waals surface area contributed by atoms with Gasteiger partial charge in [-0.1, -0.05) is 0 Å². The number of nitrogens with two attached hydrogens (primary N) is 1. The van der Waals surface area contributed by atoms with Gasteiger partial charge in [0.25, 0.3) is 0 Å². The van der Waals surface area contributed by atoms with Gasteiger partial charge in [-0.2, -0.15) is 0 Å². The van der Waals surface area contributed by atoms with Gasteiger partial charge in [0.15, 0.2) is 0 Å². The minimum absolute atomic E-state index is 0.0396. The molecule has 0 aromatic carbocycles. The summed E-state index contributed by atoms with van der Waals surface area (Å²) in [5.74, 6) is 0. The zero-order valence-corrected chi connectivity index (χ0v) is 6.34. The largest absolute Gasteiger partial charge is 0.395 e. The molecule has 0 aliphatic heterocycles. The minimum atomic E-state index is -0.138. The summed E-state index contributed by atoms with van der Waals surface area (Å²) in [5.41, 5.74) is 7.26. The van der Waals surface area contributed by atoms with Crippen LogP contribution in [0, 0.1) is 0 Å². The fraction of sp³-hybridized carbons (Fsp3) is 0.500. The third kappa shape index (κ3) is 2.06. The number of nitrogens with zero attached hydrogens (tertiary/aromatic N) is 1. The average Bonchev–Trinajstić information content (AvgIpc) is 2.40. The van der Waals surface area contributed by atoms with Crippen LogP contribution >= 0.6 is 11.3 Å². The van der Waals surface area contributed by atoms with Crippen LogP contribution in [0.5, 0.6) is 0 Å². The summed E-state index contributed by atoms with van der Waals surface area (Å²) in [4.78, 5) is 5.02. The first-order chi connectivity index (χ1) is 4.83. The Hall–Kier alpha value is -0.450. The van der Waals surface area contributed by atoms with Crippen molar-refractivity contribution in [2.45, 2.75) is 12.5 Å². The number of hydrogen-bond donors (Lipinski definition) is 2. The van der Waals surface area contributed by atoms with Crippen molar-refractivity contribution in [3.63, 3.8) is 0 Å². The van der Waals surface area contributed by atoms with Crippen LogP contribution in [-0.4, -0.2) is 22.7 Å². The lowest BCUT2D eigenvalue weighted by Crippen LogP contribution is -2.26. The molecule has 3 N–H and O–H groups in total. The lowest BCUT2D eigenvalue weighted by Gasteiger charge is -2.03. The second-order valence-corrected chi connectivity index (χ2v) is 3.09. The van der Waals surface area contributed by atoms with Crippen molar-refractivity contribution in [1.29, 1.82) is 0 Å². The number of aliphatic hydroxyl groups is 1. The predicted octanol–water partition coefficient (Wildman–Crippen LogP) is 0.00520. The summed E-state index contributed by atoms with van der Waals surface area (Å²) in [7, 11) is 0. The van der Waals surface area contributed by atoms with Gasteiger partial charge < -0.3 is 10.8 Å². The fourth-order valence-corrected chi connectivity index (χ4v) is 1.36. The molecule has 1 aromatic rings. The van der Waals surface area contributed by atoms with Crippen LogP contribution in [0.25, 0.3) is 0 Å². The Morgan fingerprint density at radius 1 is 1.80 bits per heavy atom. The second kappa shape index (κ2) is 3.65. The van der Waals surface area contributed by atoms with Gasteiger partial charge in [-0.05, 0) is 0 Å². The second-order valence-electron chi connectivity index (χ2n) is 2.11. The van der Waals surface area contributed by atoms with Gasteiger partial charge in [-0.3, -0.25) is 4.98 Å². The van der Waals surface area contributed by atoms with Crippen molar-refractivity contribution in [2.75, 3.05) is 6.61 Å². The molecule has 0 fully saturated rings. The molecular formula is C6H10N2OS. The summed E-state index contributed by atoms with van der Waals surface area (Å²) in [6, 6.07) is -0.138. The maximum Gasteiger partial charge on any atom is 0.0794 e. The molecule has 56 valence electrons. The van der Waals surface area contributed by atoms with E-state index in [0.717, 1.165) is 11.3 Å². The van der Waals surface area contributed by atoms with E-state index < -0.39 is 0 Å². The van der Waals surface area contributed by atoms with Crippen molar-refractivity contribution < 1.29 is 5.11 Å². The van der Waals surface area contributed by atoms with E-state index >= 15 is 0 Å². The molecule has 0 saturated heterocycles. The summed E-state index contributed by atoms with van der Waals surface area (Å²) in [5, 5.41) is 8.59. The molecule has 3 nitrogen and oxygen atoms in total. The zero-order chi connectivity index (χ0) is 7.40. The van der Waals surface area contributed by atoms with Crippen LogP contribution in [0.2, 0.25) is 0 Å². The molecule has 0 amide bonds. The van der Waals surface area contributed by atoms with Gasteiger partial charge in [0.2, 0.25) is 0 Å². The van der Waals surface area contributed by atoms with Gasteiger partial charge >= 0.3 is 0 Å². The molecule has 0 saturated carbocycles. The van der Waals surface area contributed by atoms with E-state index in [1.165, 1.54) is 0 Å². The quantitative estimate of drug-likeness (QED) is 0.651. The molecule has 1 atom stereocenters. The van der Waals surface area contributed by atoms with Gasteiger partial charge in [0.05, 0.1) is 12.1 Å². The van der Waals surface area contributed by atoms with Crippen LogP contribution in [0.3, 0.4) is 0 Å². The highest BCUT2D eigenvalue weighted by atomic mass is 32.1. The third-order valence-electron chi connectivity index (χ3n) is 1.18. The summed E-state index contributed by atoms with van der Waals surface area (Å²) >= 11 is 1.56. The number of hydrogen-bond acceptors (Lipinski definition) is 4. The highest BCUT2D eigenvalue weighted by molar-refractivity contribution is 7.09. The standard InChI is InChI=1S/C6H10N2OS/c7-5(3-9)1-6-2-8-4-10-6/h2,4-5,9H,1,3,7H2. The normalized spacial score (nSPS) is 13.4. The molecule has 0 bridgehead atoms. The van der Waals surface area contributed by atoms with Gasteiger partial charge in [0, 0.05) is 23.5 Å². The van der Waals surface area contributed by atoms with E-state index in [2.05, 4.69) is 4.98 Å². The molecule has 1 aromatic heterocycles. The smallest absolute Gasteiger partial charge is 0.0794 e. The minimum Gasteiger partial charge on any atom is -0.395 e. The number of rotatable bonds is 3. The van der Waals surface area contributed by atoms with Crippen LogP contribution < -0.4 is 5.73 Å². The molecule has 0 spiro atoms. The van der Waals surface area contributed by atoms with E-state index in [1.54, 1.807) is 23.0 Å². The molecule has 1 rings (SSSR count). The van der Waals surface area contributed by atoms with Crippen molar-refractivity contribution in [3.8, 4) is 0 Å². The summed E-state index contributed by atoms with van der Waals surface area (Å²) in [6.07, 6.45) is 2.50. The summed E-state index contributed by atoms with van der Waals surface area (Å²) < 4.78 is 0. The first-order valence-electron chi connectivity index (χ1n) is 3.06. The Morgan fingerprint density at radius 2 is 2.60 bits per heavy atom. The molecule has 10 heavy (non-hydrogen) atoms. The van der Waals surface area contributed by atoms with Gasteiger partial charge in [-0.25, -0.2) is 0 Å². The van der Waals surface area contributed by atoms with Crippen molar-refractivity contribution in [3.05, 3.63) is 16.6 Å². The van der Waals surface area contributed by atoms with Crippen LogP contribution in [0.4, 0.5) is 0 Å². The number of thiazole rings is 1. The highest BCUT2D eigenvalue weighted by Gasteiger charge is 2.02. The SMILES string of the molecule is NC(CO)Cc1cncs1. The van der Waals surface area contributed by atoms with Crippen molar-refractivity contribution in [2.24, 2.45) is 5.73 Å². The Kier molecular flexibility index (Phi) is 2.80. The molecule has 0 radical (unpaired) electrons. The monoisotopic (exact) mass is 158 g/mol. The average molecular weight is 158 g/mol. The van der Waals surface area contributed by atoms with Crippen molar-refractivity contribution >= 4 is 11.3 Å². The van der Waals surface area contributed by atoms with E-state index in [0.29, 0.717) is 0 Å².